The molecule has 0 radical (unpaired) electrons. The fourth-order valence-electron chi connectivity index (χ4n) is 3.02. The van der Waals surface area contributed by atoms with Crippen LogP contribution >= 0.6 is 0 Å². The lowest BCUT2D eigenvalue weighted by Crippen LogP contribution is -2.54. The van der Waals surface area contributed by atoms with Crippen molar-refractivity contribution in [1.82, 2.24) is 10.3 Å². The van der Waals surface area contributed by atoms with Crippen molar-refractivity contribution in [1.29, 1.82) is 0 Å². The highest BCUT2D eigenvalue weighted by Gasteiger charge is 2.37. The molecule has 1 aromatic rings. The normalized spacial score (nSPS) is 26.8. The average molecular weight is 271 g/mol. The summed E-state index contributed by atoms with van der Waals surface area (Å²) in [6.07, 6.45) is -2.49. The van der Waals surface area contributed by atoms with Gasteiger partial charge in [-0.2, -0.15) is 13.2 Å². The maximum absolute atomic E-state index is 12.8. The van der Waals surface area contributed by atoms with Crippen LogP contribution in [-0.2, 0) is 6.18 Å². The van der Waals surface area contributed by atoms with Gasteiger partial charge in [0, 0.05) is 31.9 Å². The smallest absolute Gasteiger partial charge is 0.351 e. The number of anilines is 1. The van der Waals surface area contributed by atoms with Crippen molar-refractivity contribution in [3.8, 4) is 0 Å². The lowest BCUT2D eigenvalue weighted by Gasteiger charge is -2.43. The highest BCUT2D eigenvalue weighted by molar-refractivity contribution is 5.54. The zero-order valence-electron chi connectivity index (χ0n) is 10.7. The molecule has 1 fully saturated rings. The van der Waals surface area contributed by atoms with Crippen molar-refractivity contribution >= 4 is 5.82 Å². The molecule has 104 valence electrons. The number of nitrogens with one attached hydrogen (secondary N) is 1. The largest absolute Gasteiger partial charge is 0.417 e. The van der Waals surface area contributed by atoms with Gasteiger partial charge in [0.05, 0.1) is 5.56 Å². The van der Waals surface area contributed by atoms with E-state index >= 15 is 0 Å². The fraction of sp³-hybridized carbons (Fsp3) is 0.615. The van der Waals surface area contributed by atoms with E-state index in [0.29, 0.717) is 6.04 Å². The first-order chi connectivity index (χ1) is 8.97. The molecule has 2 atom stereocenters. The van der Waals surface area contributed by atoms with Gasteiger partial charge >= 0.3 is 6.18 Å². The number of hydrogen-bond donors (Lipinski definition) is 1. The van der Waals surface area contributed by atoms with Gasteiger partial charge in [0.1, 0.15) is 5.82 Å². The van der Waals surface area contributed by atoms with Crippen LogP contribution in [0.2, 0.25) is 0 Å². The first-order valence-corrected chi connectivity index (χ1v) is 6.51. The van der Waals surface area contributed by atoms with Crippen LogP contribution in [0.4, 0.5) is 19.0 Å². The van der Waals surface area contributed by atoms with Crippen LogP contribution < -0.4 is 10.2 Å². The second kappa shape index (κ2) is 4.37. The van der Waals surface area contributed by atoms with Crippen molar-refractivity contribution in [2.45, 2.75) is 31.5 Å². The summed E-state index contributed by atoms with van der Waals surface area (Å²) in [4.78, 5) is 6.24. The Morgan fingerprint density at radius 3 is 2.95 bits per heavy atom. The van der Waals surface area contributed by atoms with E-state index in [9.17, 15) is 13.2 Å². The van der Waals surface area contributed by atoms with E-state index in [1.165, 1.54) is 6.07 Å². The number of halogens is 3. The molecule has 2 aliphatic rings. The summed E-state index contributed by atoms with van der Waals surface area (Å²) in [6, 6.07) is 1.62. The molecule has 0 amide bonds. The minimum absolute atomic E-state index is 0.117. The second-order valence-corrected chi connectivity index (χ2v) is 5.32. The number of rotatable bonds is 0. The molecule has 6 heteroatoms. The van der Waals surface area contributed by atoms with E-state index in [4.69, 9.17) is 0 Å². The third-order valence-electron chi connectivity index (χ3n) is 4.00. The van der Waals surface area contributed by atoms with Crippen LogP contribution in [0.3, 0.4) is 0 Å². The number of aromatic nitrogens is 1. The Bertz CT molecular complexity index is 487. The highest BCUT2D eigenvalue weighted by Crippen LogP contribution is 2.40. The minimum atomic E-state index is -4.32. The van der Waals surface area contributed by atoms with E-state index in [0.717, 1.165) is 43.6 Å². The highest BCUT2D eigenvalue weighted by atomic mass is 19.4. The minimum Gasteiger partial charge on any atom is -0.351 e. The first kappa shape index (κ1) is 12.7. The Morgan fingerprint density at radius 2 is 2.21 bits per heavy atom. The summed E-state index contributed by atoms with van der Waals surface area (Å²) in [5.41, 5.74) is 0.0830. The van der Waals surface area contributed by atoms with Crippen LogP contribution in [0, 0.1) is 0 Å². The molecule has 1 saturated heterocycles. The van der Waals surface area contributed by atoms with Crippen molar-refractivity contribution < 1.29 is 13.2 Å². The molecule has 0 unspecified atom stereocenters. The van der Waals surface area contributed by atoms with E-state index in [1.807, 2.05) is 6.92 Å². The van der Waals surface area contributed by atoms with Crippen LogP contribution in [0.15, 0.2) is 12.3 Å². The fourth-order valence-corrected chi connectivity index (χ4v) is 3.02. The molecule has 3 nitrogen and oxygen atoms in total. The molecule has 2 aliphatic heterocycles. The van der Waals surface area contributed by atoms with Crippen LogP contribution in [0.25, 0.3) is 0 Å². The standard InChI is InChI=1S/C13H16F3N3/c1-8-4-10-7-17-2-3-19(10)12-11(8)5-9(6-18-12)13(14,15)16/h5-6,8,10,17H,2-4,7H2,1H3/t8-,10+/m0/s1. The van der Waals surface area contributed by atoms with Crippen molar-refractivity contribution in [3.05, 3.63) is 23.4 Å². The molecule has 3 rings (SSSR count). The van der Waals surface area contributed by atoms with Crippen LogP contribution in [0.1, 0.15) is 30.4 Å². The number of fused-ring (bicyclic) bond motifs is 3. The summed E-state index contributed by atoms with van der Waals surface area (Å²) >= 11 is 0. The van der Waals surface area contributed by atoms with Gasteiger partial charge in [0.15, 0.2) is 0 Å². The predicted octanol–water partition coefficient (Wildman–Crippen LogP) is 2.39. The Hall–Kier alpha value is -1.30. The number of hydrogen-bond acceptors (Lipinski definition) is 3. The lowest BCUT2D eigenvalue weighted by atomic mass is 9.87. The van der Waals surface area contributed by atoms with E-state index in [2.05, 4.69) is 15.2 Å². The molecule has 0 aromatic carbocycles. The molecule has 0 bridgehead atoms. The second-order valence-electron chi connectivity index (χ2n) is 5.32. The molecular formula is C13H16F3N3. The molecule has 19 heavy (non-hydrogen) atoms. The lowest BCUT2D eigenvalue weighted by molar-refractivity contribution is -0.137. The van der Waals surface area contributed by atoms with Crippen LogP contribution in [-0.4, -0.2) is 30.7 Å². The topological polar surface area (TPSA) is 28.2 Å². The maximum Gasteiger partial charge on any atom is 0.417 e. The molecule has 0 spiro atoms. The Labute approximate surface area is 109 Å². The summed E-state index contributed by atoms with van der Waals surface area (Å²) < 4.78 is 38.3. The van der Waals surface area contributed by atoms with Gasteiger partial charge in [0.25, 0.3) is 0 Å². The third kappa shape index (κ3) is 2.18. The van der Waals surface area contributed by atoms with Crippen LogP contribution in [0.5, 0.6) is 0 Å². The van der Waals surface area contributed by atoms with E-state index in [1.54, 1.807) is 0 Å². The SMILES string of the molecule is C[C@H]1C[C@@H]2CNCCN2c2ncc(C(F)(F)F)cc21. The Kier molecular flexibility index (Phi) is 2.92. The molecule has 1 N–H and O–H groups in total. The van der Waals surface area contributed by atoms with E-state index in [-0.39, 0.29) is 5.92 Å². The van der Waals surface area contributed by atoms with Crippen molar-refractivity contribution in [3.63, 3.8) is 0 Å². The first-order valence-electron chi connectivity index (χ1n) is 6.51. The molecule has 1 aromatic heterocycles. The Balaban J connectivity index is 2.02. The van der Waals surface area contributed by atoms with Gasteiger partial charge in [-0.1, -0.05) is 6.92 Å². The number of nitrogens with zero attached hydrogens (tertiary/aromatic N) is 2. The molecule has 0 aliphatic carbocycles. The molecule has 3 heterocycles. The summed E-state index contributed by atoms with van der Waals surface area (Å²) in [6.45, 7) is 4.52. The predicted molar refractivity (Wildman–Crippen MR) is 66.3 cm³/mol. The third-order valence-corrected chi connectivity index (χ3v) is 4.00. The summed E-state index contributed by atoms with van der Waals surface area (Å²) in [7, 11) is 0. The number of piperazine rings is 1. The van der Waals surface area contributed by atoms with Gasteiger partial charge in [-0.25, -0.2) is 4.98 Å². The summed E-state index contributed by atoms with van der Waals surface area (Å²) in [5.74, 6) is 0.851. The quantitative estimate of drug-likeness (QED) is 0.785. The molecule has 0 saturated carbocycles. The summed E-state index contributed by atoms with van der Waals surface area (Å²) in [5, 5.41) is 3.32. The van der Waals surface area contributed by atoms with Gasteiger partial charge in [0.2, 0.25) is 0 Å². The van der Waals surface area contributed by atoms with E-state index < -0.39 is 11.7 Å². The average Bonchev–Trinajstić information content (AvgIpc) is 2.37. The van der Waals surface area contributed by atoms with Crippen molar-refractivity contribution in [2.75, 3.05) is 24.5 Å². The van der Waals surface area contributed by atoms with Gasteiger partial charge in [-0.05, 0) is 24.0 Å². The van der Waals surface area contributed by atoms with Gasteiger partial charge in [-0.3, -0.25) is 0 Å². The van der Waals surface area contributed by atoms with Gasteiger partial charge in [-0.15, -0.1) is 0 Å². The number of pyridine rings is 1. The zero-order valence-corrected chi connectivity index (χ0v) is 10.7. The van der Waals surface area contributed by atoms with Gasteiger partial charge < -0.3 is 10.2 Å². The zero-order chi connectivity index (χ0) is 13.6. The monoisotopic (exact) mass is 271 g/mol. The Morgan fingerprint density at radius 1 is 1.42 bits per heavy atom. The van der Waals surface area contributed by atoms with Crippen molar-refractivity contribution in [2.24, 2.45) is 0 Å². The maximum atomic E-state index is 12.8. The molecular weight excluding hydrogens is 255 g/mol. The number of alkyl halides is 3.